The van der Waals surface area contributed by atoms with Crippen LogP contribution in [-0.4, -0.2) is 50.6 Å². The van der Waals surface area contributed by atoms with Crippen molar-refractivity contribution in [3.63, 3.8) is 0 Å². The number of aliphatic hydroxyl groups is 2. The minimum atomic E-state index is -1.24. The Balaban J connectivity index is 2.06. The van der Waals surface area contributed by atoms with Crippen molar-refractivity contribution in [2.45, 2.75) is 12.6 Å². The zero-order chi connectivity index (χ0) is 14.5. The van der Waals surface area contributed by atoms with E-state index in [1.165, 1.54) is 4.90 Å². The fourth-order valence-electron chi connectivity index (χ4n) is 1.65. The molecule has 0 saturated heterocycles. The van der Waals surface area contributed by atoms with E-state index in [1.807, 2.05) is 24.3 Å². The Hall–Kier alpha value is -1.66. The summed E-state index contributed by atoms with van der Waals surface area (Å²) in [5.41, 5.74) is 0. The first-order valence-electron chi connectivity index (χ1n) is 5.81. The van der Waals surface area contributed by atoms with Crippen molar-refractivity contribution in [3.8, 4) is 11.8 Å². The number of aliphatic hydroxyl groups excluding tert-OH is 2. The quantitative estimate of drug-likeness (QED) is 0.774. The number of nitriles is 1. The van der Waals surface area contributed by atoms with Gasteiger partial charge in [-0.25, -0.2) is 5.01 Å². The first-order valence-corrected chi connectivity index (χ1v) is 6.60. The second kappa shape index (κ2) is 6.67. The number of rotatable bonds is 4. The number of hydrogen-bond donors (Lipinski definition) is 2. The summed E-state index contributed by atoms with van der Waals surface area (Å²) in [6, 6.07) is 10.9. The van der Waals surface area contributed by atoms with Gasteiger partial charge in [0.15, 0.2) is 6.23 Å². The van der Waals surface area contributed by atoms with Gasteiger partial charge in [0, 0.05) is 0 Å². The maximum absolute atomic E-state index is 10.1. The van der Waals surface area contributed by atoms with Crippen LogP contribution in [0.1, 0.15) is 0 Å². The number of hydrazone groups is 1. The molecule has 2 rings (SSSR count). The van der Waals surface area contributed by atoms with Gasteiger partial charge in [0.25, 0.3) is 0 Å². The second-order valence-corrected chi connectivity index (χ2v) is 4.81. The van der Waals surface area contributed by atoms with Gasteiger partial charge in [-0.1, -0.05) is 18.2 Å². The van der Waals surface area contributed by atoms with E-state index in [2.05, 4.69) is 21.0 Å². The Morgan fingerprint density at radius 3 is 2.70 bits per heavy atom. The Kier molecular flexibility index (Phi) is 4.92. The third kappa shape index (κ3) is 3.26. The highest BCUT2D eigenvalue weighted by molar-refractivity contribution is 9.18. The second-order valence-electron chi connectivity index (χ2n) is 4.00. The Bertz CT molecular complexity index is 519. The van der Waals surface area contributed by atoms with Gasteiger partial charge in [0.2, 0.25) is 6.35 Å². The molecule has 0 bridgehead atoms. The fraction of sp³-hybridized carbons (Fsp3) is 0.333. The standard InChI is InChI=1S/C12H13BrN4O3/c13-10-11(18)16(12(19)17(15-10)7-6-14)8-20-9-4-2-1-3-5-9/h1-5,11-12,18-19H,7-8H2. The van der Waals surface area contributed by atoms with Gasteiger partial charge < -0.3 is 14.9 Å². The minimum absolute atomic E-state index is 0.0567. The Labute approximate surface area is 124 Å². The molecule has 20 heavy (non-hydrogen) atoms. The minimum Gasteiger partial charge on any atom is -0.478 e. The molecule has 106 valence electrons. The van der Waals surface area contributed by atoms with Crippen LogP contribution >= 0.6 is 15.9 Å². The van der Waals surface area contributed by atoms with E-state index in [9.17, 15) is 10.2 Å². The molecule has 2 atom stereocenters. The van der Waals surface area contributed by atoms with E-state index in [0.717, 1.165) is 5.01 Å². The molecule has 0 saturated carbocycles. The molecule has 1 aliphatic heterocycles. The summed E-state index contributed by atoms with van der Waals surface area (Å²) in [6.07, 6.45) is -2.38. The summed E-state index contributed by atoms with van der Waals surface area (Å²) < 4.78 is 5.69. The summed E-state index contributed by atoms with van der Waals surface area (Å²) >= 11 is 3.10. The molecule has 8 heteroatoms. The lowest BCUT2D eigenvalue weighted by Crippen LogP contribution is -2.58. The fourth-order valence-corrected chi connectivity index (χ4v) is 2.12. The molecule has 1 aromatic rings. The summed E-state index contributed by atoms with van der Waals surface area (Å²) in [5.74, 6) is 0.609. The number of nitrogens with zero attached hydrogens (tertiary/aromatic N) is 4. The SMILES string of the molecule is N#CCN1N=C(Br)C(O)N(COc2ccccc2)C1O. The zero-order valence-corrected chi connectivity index (χ0v) is 12.0. The van der Waals surface area contributed by atoms with Gasteiger partial charge in [0.05, 0.1) is 6.07 Å². The molecule has 0 aromatic heterocycles. The molecule has 0 fully saturated rings. The molecule has 0 aliphatic carbocycles. The molecule has 2 N–H and O–H groups in total. The van der Waals surface area contributed by atoms with Gasteiger partial charge in [-0.2, -0.15) is 15.3 Å². The van der Waals surface area contributed by atoms with Crippen LogP contribution < -0.4 is 4.74 Å². The van der Waals surface area contributed by atoms with Crippen molar-refractivity contribution in [2.24, 2.45) is 5.10 Å². The molecule has 0 radical (unpaired) electrons. The normalized spacial score (nSPS) is 23.1. The number of halogens is 1. The molecule has 1 aliphatic rings. The third-order valence-corrected chi connectivity index (χ3v) is 3.24. The van der Waals surface area contributed by atoms with Crippen LogP contribution in [0.2, 0.25) is 0 Å². The third-order valence-electron chi connectivity index (χ3n) is 2.67. The Morgan fingerprint density at radius 1 is 1.35 bits per heavy atom. The summed E-state index contributed by atoms with van der Waals surface area (Å²) in [4.78, 5) is 1.25. The summed E-state index contributed by atoms with van der Waals surface area (Å²) in [7, 11) is 0. The van der Waals surface area contributed by atoms with Crippen molar-refractivity contribution >= 4 is 20.6 Å². The van der Waals surface area contributed by atoms with E-state index in [1.54, 1.807) is 12.1 Å². The lowest BCUT2D eigenvalue weighted by Gasteiger charge is -2.39. The lowest BCUT2D eigenvalue weighted by atomic mass is 10.3. The van der Waals surface area contributed by atoms with Crippen molar-refractivity contribution in [2.75, 3.05) is 13.3 Å². The highest BCUT2D eigenvalue weighted by Gasteiger charge is 2.35. The average molecular weight is 341 g/mol. The average Bonchev–Trinajstić information content (AvgIpc) is 2.46. The van der Waals surface area contributed by atoms with E-state index in [-0.39, 0.29) is 17.9 Å². The summed E-state index contributed by atoms with van der Waals surface area (Å²) in [5, 5.41) is 33.7. The molecule has 1 heterocycles. The van der Waals surface area contributed by atoms with Gasteiger partial charge in [0.1, 0.15) is 23.6 Å². The topological polar surface area (TPSA) is 92.3 Å². The van der Waals surface area contributed by atoms with Crippen LogP contribution in [-0.2, 0) is 0 Å². The van der Waals surface area contributed by atoms with Crippen molar-refractivity contribution in [1.82, 2.24) is 9.91 Å². The van der Waals surface area contributed by atoms with Crippen molar-refractivity contribution in [1.29, 1.82) is 5.26 Å². The molecular weight excluding hydrogens is 328 g/mol. The van der Waals surface area contributed by atoms with Gasteiger partial charge in [-0.05, 0) is 28.1 Å². The largest absolute Gasteiger partial charge is 0.478 e. The van der Waals surface area contributed by atoms with E-state index < -0.39 is 12.6 Å². The number of ether oxygens (including phenoxy) is 1. The van der Waals surface area contributed by atoms with Gasteiger partial charge in [-0.3, -0.25) is 0 Å². The predicted molar refractivity (Wildman–Crippen MR) is 74.5 cm³/mol. The maximum Gasteiger partial charge on any atom is 0.207 e. The van der Waals surface area contributed by atoms with Crippen LogP contribution in [0.5, 0.6) is 5.75 Å². The zero-order valence-electron chi connectivity index (χ0n) is 10.4. The maximum atomic E-state index is 10.1. The Morgan fingerprint density at radius 2 is 2.05 bits per heavy atom. The van der Waals surface area contributed by atoms with Crippen LogP contribution in [0.3, 0.4) is 0 Å². The first-order chi connectivity index (χ1) is 9.63. The van der Waals surface area contributed by atoms with E-state index in [4.69, 9.17) is 10.00 Å². The molecule has 2 unspecified atom stereocenters. The smallest absolute Gasteiger partial charge is 0.207 e. The van der Waals surface area contributed by atoms with Crippen molar-refractivity contribution < 1.29 is 14.9 Å². The predicted octanol–water partition coefficient (Wildman–Crippen LogP) is 0.467. The number of hydrogen-bond acceptors (Lipinski definition) is 7. The number of benzene rings is 1. The molecular formula is C12H13BrN4O3. The van der Waals surface area contributed by atoms with Crippen LogP contribution in [0, 0.1) is 11.3 Å². The molecule has 0 spiro atoms. The van der Waals surface area contributed by atoms with Gasteiger partial charge >= 0.3 is 0 Å². The molecule has 0 amide bonds. The first kappa shape index (κ1) is 14.7. The van der Waals surface area contributed by atoms with E-state index in [0.29, 0.717) is 5.75 Å². The number of para-hydroxylation sites is 1. The highest BCUT2D eigenvalue weighted by Crippen LogP contribution is 2.19. The van der Waals surface area contributed by atoms with Crippen LogP contribution in [0.4, 0.5) is 0 Å². The monoisotopic (exact) mass is 340 g/mol. The lowest BCUT2D eigenvalue weighted by molar-refractivity contribution is -0.181. The highest BCUT2D eigenvalue weighted by atomic mass is 79.9. The van der Waals surface area contributed by atoms with Crippen molar-refractivity contribution in [3.05, 3.63) is 30.3 Å². The summed E-state index contributed by atoms with van der Waals surface area (Å²) in [6.45, 7) is -0.163. The van der Waals surface area contributed by atoms with Gasteiger partial charge in [-0.15, -0.1) is 0 Å². The molecule has 7 nitrogen and oxygen atoms in total. The molecule has 1 aromatic carbocycles. The van der Waals surface area contributed by atoms with E-state index >= 15 is 0 Å². The van der Waals surface area contributed by atoms with Crippen LogP contribution in [0.25, 0.3) is 0 Å². The van der Waals surface area contributed by atoms with Crippen LogP contribution in [0.15, 0.2) is 35.4 Å².